The molecule has 0 saturated carbocycles. The molecule has 13 heavy (non-hydrogen) atoms. The van der Waals surface area contributed by atoms with Crippen LogP contribution >= 0.6 is 0 Å². The van der Waals surface area contributed by atoms with Gasteiger partial charge in [-0.05, 0) is 37.0 Å². The third-order valence-corrected chi connectivity index (χ3v) is 1.99. The number of carbonyl (C=O) groups excluding carboxylic acids is 1. The van der Waals surface area contributed by atoms with Crippen molar-refractivity contribution < 1.29 is 4.79 Å². The Morgan fingerprint density at radius 1 is 1.31 bits per heavy atom. The number of benzene rings is 1. The van der Waals surface area contributed by atoms with Gasteiger partial charge < -0.3 is 10.5 Å². The van der Waals surface area contributed by atoms with Crippen molar-refractivity contribution in [1.82, 2.24) is 0 Å². The van der Waals surface area contributed by atoms with Gasteiger partial charge in [-0.15, -0.1) is 0 Å². The van der Waals surface area contributed by atoms with E-state index in [2.05, 4.69) is 6.07 Å². The number of aryl methyl sites for hydroxylation is 1. The van der Waals surface area contributed by atoms with Crippen molar-refractivity contribution in [3.63, 3.8) is 0 Å². The van der Waals surface area contributed by atoms with Crippen LogP contribution in [0.5, 0.6) is 0 Å². The van der Waals surface area contributed by atoms with Crippen molar-refractivity contribution in [2.24, 2.45) is 0 Å². The maximum atomic E-state index is 10.1. The molecule has 0 aliphatic carbocycles. The van der Waals surface area contributed by atoms with Crippen LogP contribution in [0.2, 0.25) is 0 Å². The standard InChI is InChI=1S/C11H15NO/c12-11-7-4-6-10(9-11)5-2-1-3-8-13/h4,6-9H,1-3,5,12H2. The van der Waals surface area contributed by atoms with Crippen LogP contribution in [0.15, 0.2) is 24.3 Å². The van der Waals surface area contributed by atoms with Gasteiger partial charge in [-0.1, -0.05) is 12.1 Å². The van der Waals surface area contributed by atoms with Gasteiger partial charge in [0.15, 0.2) is 0 Å². The Balaban J connectivity index is 2.32. The molecule has 0 aliphatic rings. The number of hydrogen-bond acceptors (Lipinski definition) is 2. The van der Waals surface area contributed by atoms with E-state index in [1.807, 2.05) is 18.2 Å². The maximum Gasteiger partial charge on any atom is 0.119 e. The predicted octanol–water partition coefficient (Wildman–Crippen LogP) is 2.18. The number of anilines is 1. The summed E-state index contributed by atoms with van der Waals surface area (Å²) >= 11 is 0. The molecule has 2 heteroatoms. The van der Waals surface area contributed by atoms with E-state index in [0.717, 1.165) is 31.2 Å². The van der Waals surface area contributed by atoms with Crippen LogP contribution in [0.4, 0.5) is 5.69 Å². The molecule has 2 nitrogen and oxygen atoms in total. The molecule has 0 aliphatic heterocycles. The summed E-state index contributed by atoms with van der Waals surface area (Å²) in [4.78, 5) is 10.1. The highest BCUT2D eigenvalue weighted by molar-refractivity contribution is 5.49. The molecule has 0 saturated heterocycles. The summed E-state index contributed by atoms with van der Waals surface area (Å²) < 4.78 is 0. The average Bonchev–Trinajstić information content (AvgIpc) is 2.13. The lowest BCUT2D eigenvalue weighted by molar-refractivity contribution is -0.107. The van der Waals surface area contributed by atoms with Crippen LogP contribution in [0.3, 0.4) is 0 Å². The van der Waals surface area contributed by atoms with Gasteiger partial charge in [0.25, 0.3) is 0 Å². The third kappa shape index (κ3) is 3.74. The lowest BCUT2D eigenvalue weighted by atomic mass is 10.1. The normalized spacial score (nSPS) is 9.85. The second-order valence-corrected chi connectivity index (χ2v) is 3.16. The number of nitrogens with two attached hydrogens (primary N) is 1. The molecule has 0 heterocycles. The molecule has 70 valence electrons. The minimum Gasteiger partial charge on any atom is -0.399 e. The topological polar surface area (TPSA) is 43.1 Å². The quantitative estimate of drug-likeness (QED) is 0.425. The van der Waals surface area contributed by atoms with Crippen LogP contribution in [-0.4, -0.2) is 6.29 Å². The molecular weight excluding hydrogens is 162 g/mol. The summed E-state index contributed by atoms with van der Waals surface area (Å²) in [6, 6.07) is 7.90. The lowest BCUT2D eigenvalue weighted by Crippen LogP contribution is -1.89. The zero-order chi connectivity index (χ0) is 9.52. The fourth-order valence-electron chi connectivity index (χ4n) is 1.31. The van der Waals surface area contributed by atoms with Gasteiger partial charge >= 0.3 is 0 Å². The van der Waals surface area contributed by atoms with Crippen molar-refractivity contribution in [3.8, 4) is 0 Å². The van der Waals surface area contributed by atoms with E-state index < -0.39 is 0 Å². The summed E-state index contributed by atoms with van der Waals surface area (Å²) in [6.45, 7) is 0. The molecule has 1 aromatic carbocycles. The molecule has 0 radical (unpaired) electrons. The Labute approximate surface area is 78.8 Å². The van der Waals surface area contributed by atoms with Crippen LogP contribution in [-0.2, 0) is 11.2 Å². The van der Waals surface area contributed by atoms with Crippen LogP contribution < -0.4 is 5.73 Å². The van der Waals surface area contributed by atoms with Gasteiger partial charge in [0, 0.05) is 12.1 Å². The molecule has 0 fully saturated rings. The van der Waals surface area contributed by atoms with Crippen molar-refractivity contribution in [2.45, 2.75) is 25.7 Å². The van der Waals surface area contributed by atoms with E-state index in [-0.39, 0.29) is 0 Å². The fraction of sp³-hybridized carbons (Fsp3) is 0.364. The second kappa shape index (κ2) is 5.36. The first-order valence-corrected chi connectivity index (χ1v) is 4.61. The first kappa shape index (κ1) is 9.78. The summed E-state index contributed by atoms with van der Waals surface area (Å²) in [5.41, 5.74) is 7.70. The Hall–Kier alpha value is -1.31. The lowest BCUT2D eigenvalue weighted by Gasteiger charge is -2.00. The number of hydrogen-bond donors (Lipinski definition) is 1. The fourth-order valence-corrected chi connectivity index (χ4v) is 1.31. The monoisotopic (exact) mass is 177 g/mol. The molecule has 0 amide bonds. The average molecular weight is 177 g/mol. The van der Waals surface area contributed by atoms with Gasteiger partial charge in [-0.25, -0.2) is 0 Å². The van der Waals surface area contributed by atoms with Gasteiger partial charge in [0.2, 0.25) is 0 Å². The van der Waals surface area contributed by atoms with Gasteiger partial charge in [0.1, 0.15) is 6.29 Å². The highest BCUT2D eigenvalue weighted by Crippen LogP contribution is 2.09. The predicted molar refractivity (Wildman–Crippen MR) is 54.5 cm³/mol. The number of unbranched alkanes of at least 4 members (excludes halogenated alkanes) is 2. The zero-order valence-corrected chi connectivity index (χ0v) is 7.70. The van der Waals surface area contributed by atoms with Gasteiger partial charge in [0.05, 0.1) is 0 Å². The second-order valence-electron chi connectivity index (χ2n) is 3.16. The summed E-state index contributed by atoms with van der Waals surface area (Å²) in [5.74, 6) is 0. The van der Waals surface area contributed by atoms with Gasteiger partial charge in [-0.3, -0.25) is 0 Å². The molecule has 0 aromatic heterocycles. The smallest absolute Gasteiger partial charge is 0.119 e. The molecule has 1 rings (SSSR count). The van der Waals surface area contributed by atoms with Crippen molar-refractivity contribution in [2.75, 3.05) is 5.73 Å². The molecule has 1 aromatic rings. The highest BCUT2D eigenvalue weighted by Gasteiger charge is 1.93. The number of nitrogen functional groups attached to an aromatic ring is 1. The molecule has 0 atom stereocenters. The first-order valence-electron chi connectivity index (χ1n) is 4.61. The number of aldehydes is 1. The Morgan fingerprint density at radius 2 is 2.15 bits per heavy atom. The third-order valence-electron chi connectivity index (χ3n) is 1.99. The van der Waals surface area contributed by atoms with E-state index in [4.69, 9.17) is 5.73 Å². The summed E-state index contributed by atoms with van der Waals surface area (Å²) in [6.07, 6.45) is 4.68. The van der Waals surface area contributed by atoms with Crippen molar-refractivity contribution in [1.29, 1.82) is 0 Å². The van der Waals surface area contributed by atoms with E-state index in [1.165, 1.54) is 5.56 Å². The Morgan fingerprint density at radius 3 is 2.85 bits per heavy atom. The number of rotatable bonds is 5. The largest absolute Gasteiger partial charge is 0.399 e. The van der Waals surface area contributed by atoms with E-state index >= 15 is 0 Å². The zero-order valence-electron chi connectivity index (χ0n) is 7.70. The van der Waals surface area contributed by atoms with E-state index in [0.29, 0.717) is 6.42 Å². The van der Waals surface area contributed by atoms with Gasteiger partial charge in [-0.2, -0.15) is 0 Å². The highest BCUT2D eigenvalue weighted by atomic mass is 16.1. The van der Waals surface area contributed by atoms with Crippen LogP contribution in [0, 0.1) is 0 Å². The minimum atomic E-state index is 0.669. The van der Waals surface area contributed by atoms with E-state index in [1.54, 1.807) is 0 Å². The summed E-state index contributed by atoms with van der Waals surface area (Å²) in [7, 11) is 0. The maximum absolute atomic E-state index is 10.1. The molecule has 0 bridgehead atoms. The van der Waals surface area contributed by atoms with Crippen molar-refractivity contribution in [3.05, 3.63) is 29.8 Å². The van der Waals surface area contributed by atoms with Crippen LogP contribution in [0.25, 0.3) is 0 Å². The number of carbonyl (C=O) groups is 1. The SMILES string of the molecule is Nc1cccc(CCCCC=O)c1. The molecule has 0 spiro atoms. The molecule has 0 unspecified atom stereocenters. The first-order chi connectivity index (χ1) is 6.33. The Kier molecular flexibility index (Phi) is 4.03. The van der Waals surface area contributed by atoms with E-state index in [9.17, 15) is 4.79 Å². The van der Waals surface area contributed by atoms with Crippen molar-refractivity contribution >= 4 is 12.0 Å². The molecule has 2 N–H and O–H groups in total. The van der Waals surface area contributed by atoms with Crippen LogP contribution in [0.1, 0.15) is 24.8 Å². The minimum absolute atomic E-state index is 0.669. The summed E-state index contributed by atoms with van der Waals surface area (Å²) in [5, 5.41) is 0. The molecular formula is C11H15NO. The Bertz CT molecular complexity index is 271.